The first kappa shape index (κ1) is 34.8. The van der Waals surface area contributed by atoms with Crippen molar-refractivity contribution in [2.45, 2.75) is 103 Å². The van der Waals surface area contributed by atoms with Gasteiger partial charge in [0.1, 0.15) is 36.8 Å². The van der Waals surface area contributed by atoms with Crippen molar-refractivity contribution < 1.29 is 37.7 Å². The zero-order chi connectivity index (χ0) is 32.9. The first-order valence-corrected chi connectivity index (χ1v) is 14.7. The summed E-state index contributed by atoms with van der Waals surface area (Å²) in [5.41, 5.74) is 1.84. The summed E-state index contributed by atoms with van der Waals surface area (Å²) < 4.78 is 38.7. The van der Waals surface area contributed by atoms with E-state index in [1.165, 1.54) is 12.1 Å². The monoisotopic (exact) mass is 618 g/mol. The minimum atomic E-state index is -2.33. The van der Waals surface area contributed by atoms with Crippen molar-refractivity contribution in [3.05, 3.63) is 23.5 Å². The summed E-state index contributed by atoms with van der Waals surface area (Å²) in [5.74, 6) is -1.82. The van der Waals surface area contributed by atoms with Crippen molar-refractivity contribution in [1.82, 2.24) is 10.3 Å². The van der Waals surface area contributed by atoms with Crippen molar-refractivity contribution in [3.8, 4) is 6.07 Å². The molecule has 1 amide bonds. The van der Waals surface area contributed by atoms with Crippen molar-refractivity contribution in [1.29, 1.82) is 10.7 Å². The van der Waals surface area contributed by atoms with Crippen molar-refractivity contribution in [3.63, 3.8) is 0 Å². The molecule has 1 aromatic rings. The second-order valence-corrected chi connectivity index (χ2v) is 12.6. The molecule has 1 aromatic heterocycles. The van der Waals surface area contributed by atoms with Crippen molar-refractivity contribution >= 4 is 30.0 Å². The first-order valence-electron chi connectivity index (χ1n) is 14.7. The van der Waals surface area contributed by atoms with Gasteiger partial charge in [-0.05, 0) is 57.1 Å². The molecule has 1 aliphatic heterocycles. The number of ether oxygens (including phenoxy) is 4. The molecule has 44 heavy (non-hydrogen) atoms. The molecule has 5 N–H and O–H groups in total. The molecule has 0 aromatic carbocycles. The average molecular weight is 619 g/mol. The zero-order valence-electron chi connectivity index (χ0n) is 26.1. The number of hydrogen-bond donors (Lipinski definition) is 4. The Labute approximate surface area is 256 Å². The van der Waals surface area contributed by atoms with E-state index < -0.39 is 65.5 Å². The van der Waals surface area contributed by atoms with Crippen LogP contribution in [0.25, 0.3) is 0 Å². The number of aliphatic imine (C=N–C) groups is 1. The van der Waals surface area contributed by atoms with E-state index >= 15 is 4.39 Å². The molecular formula is C30H43FN6O7. The van der Waals surface area contributed by atoms with Gasteiger partial charge < -0.3 is 35.0 Å². The van der Waals surface area contributed by atoms with E-state index in [9.17, 15) is 19.6 Å². The van der Waals surface area contributed by atoms with Crippen LogP contribution in [-0.4, -0.2) is 78.2 Å². The van der Waals surface area contributed by atoms with Crippen LogP contribution in [0.5, 0.6) is 0 Å². The van der Waals surface area contributed by atoms with Gasteiger partial charge in [0, 0.05) is 13.0 Å². The molecule has 0 unspecified atom stereocenters. The molecule has 1 saturated heterocycles. The number of H-pyrrole nitrogens is 1. The highest BCUT2D eigenvalue weighted by molar-refractivity contribution is 6.10. The van der Waals surface area contributed by atoms with Crippen LogP contribution in [0.3, 0.4) is 0 Å². The van der Waals surface area contributed by atoms with Gasteiger partial charge in [0.05, 0.1) is 11.4 Å². The Kier molecular flexibility index (Phi) is 11.0. The Morgan fingerprint density at radius 2 is 2.00 bits per heavy atom. The minimum absolute atomic E-state index is 0.0806. The molecular weight excluding hydrogens is 575 g/mol. The maximum absolute atomic E-state index is 16.4. The minimum Gasteiger partial charge on any atom is -0.463 e. The molecule has 2 fully saturated rings. The summed E-state index contributed by atoms with van der Waals surface area (Å²) >= 11 is 0. The standard InChI is InChI=1S/C30H43FN6O7/c1-7-42-29(5,6)27(40)37-25(35-16-33)18-11-12-20(36-18)30(15-32)23(31)22(43-26(39)24(34)28(2,3)4)19(44-30)14-41-21(38)13-17-9-8-10-17/h11-12,16-17,19,22-24,36H,7-10,13-14,34H2,1-6H3,(H2,33,35,37,40)/t19-,22-,23-,24+,30+/m1/s1. The third-order valence-corrected chi connectivity index (χ3v) is 7.89. The lowest BCUT2D eigenvalue weighted by Crippen LogP contribution is -2.48. The smallest absolute Gasteiger partial charge is 0.323 e. The number of nitrogens with two attached hydrogens (primary N) is 1. The second kappa shape index (κ2) is 14.0. The molecule has 3 rings (SSSR count). The van der Waals surface area contributed by atoms with E-state index in [4.69, 9.17) is 30.1 Å². The highest BCUT2D eigenvalue weighted by Crippen LogP contribution is 2.43. The Bertz CT molecular complexity index is 1300. The number of rotatable bonds is 12. The topological polar surface area (TPSA) is 202 Å². The third-order valence-electron chi connectivity index (χ3n) is 7.89. The largest absolute Gasteiger partial charge is 0.463 e. The lowest BCUT2D eigenvalue weighted by molar-refractivity contribution is -0.162. The summed E-state index contributed by atoms with van der Waals surface area (Å²) in [7, 11) is 0. The number of alkyl halides is 1. The van der Waals surface area contributed by atoms with Crippen LogP contribution in [0, 0.1) is 28.1 Å². The lowest BCUT2D eigenvalue weighted by Gasteiger charge is -2.28. The molecule has 0 bridgehead atoms. The van der Waals surface area contributed by atoms with Crippen LogP contribution in [-0.2, 0) is 38.9 Å². The van der Waals surface area contributed by atoms with Crippen LogP contribution in [0.4, 0.5) is 4.39 Å². The number of carbonyl (C=O) groups is 3. The number of esters is 2. The van der Waals surface area contributed by atoms with Gasteiger partial charge >= 0.3 is 11.9 Å². The summed E-state index contributed by atoms with van der Waals surface area (Å²) in [6.45, 7) is 9.83. The maximum Gasteiger partial charge on any atom is 0.323 e. The van der Waals surface area contributed by atoms with Crippen molar-refractivity contribution in [2.75, 3.05) is 13.2 Å². The SMILES string of the molecule is CCOC(C)(C)C(=O)N/C(=N/C=N)c1ccc([C@]2(C#N)O[C@H](COC(=O)CC3CCC3)[C@@H](OC(=O)[C@H](N)C(C)(C)C)[C@H]2F)[nH]1. The van der Waals surface area contributed by atoms with E-state index in [1.807, 2.05) is 6.07 Å². The van der Waals surface area contributed by atoms with Gasteiger partial charge in [-0.15, -0.1) is 0 Å². The normalized spacial score (nSPS) is 25.0. The Balaban J connectivity index is 1.91. The maximum atomic E-state index is 16.4. The summed E-state index contributed by atoms with van der Waals surface area (Å²) in [4.78, 5) is 45.0. The second-order valence-electron chi connectivity index (χ2n) is 12.6. The predicted molar refractivity (Wildman–Crippen MR) is 157 cm³/mol. The molecule has 1 saturated carbocycles. The number of aromatic nitrogens is 1. The summed E-state index contributed by atoms with van der Waals surface area (Å²) in [5, 5.41) is 20.3. The molecule has 2 aliphatic rings. The van der Waals surface area contributed by atoms with Crippen molar-refractivity contribution in [2.24, 2.45) is 22.1 Å². The van der Waals surface area contributed by atoms with E-state index in [0.29, 0.717) is 6.34 Å². The highest BCUT2D eigenvalue weighted by Gasteiger charge is 2.61. The van der Waals surface area contributed by atoms with Gasteiger partial charge in [-0.2, -0.15) is 5.26 Å². The molecule has 5 atom stereocenters. The van der Waals surface area contributed by atoms with E-state index in [-0.39, 0.29) is 36.2 Å². The average Bonchev–Trinajstić information content (AvgIpc) is 3.52. The first-order chi connectivity index (χ1) is 20.6. The summed E-state index contributed by atoms with van der Waals surface area (Å²) in [6, 6.07) is 3.52. The number of nitrogens with zero attached hydrogens (tertiary/aromatic N) is 2. The molecule has 13 nitrogen and oxygen atoms in total. The fourth-order valence-corrected chi connectivity index (χ4v) is 4.81. The van der Waals surface area contributed by atoms with Gasteiger partial charge in [0.15, 0.2) is 18.1 Å². The number of carbonyl (C=O) groups excluding carboxylic acids is 3. The van der Waals surface area contributed by atoms with Crippen LogP contribution in [0.2, 0.25) is 0 Å². The number of hydrogen-bond acceptors (Lipinski definition) is 10. The molecule has 242 valence electrons. The Morgan fingerprint density at radius 1 is 1.32 bits per heavy atom. The lowest BCUT2D eigenvalue weighted by atomic mass is 9.83. The molecule has 2 heterocycles. The van der Waals surface area contributed by atoms with Gasteiger partial charge in [-0.1, -0.05) is 27.2 Å². The molecule has 1 aliphatic carbocycles. The van der Waals surface area contributed by atoms with Crippen LogP contribution < -0.4 is 11.1 Å². The number of nitrogens with one attached hydrogen (secondary N) is 3. The van der Waals surface area contributed by atoms with Crippen LogP contribution in [0.15, 0.2) is 17.1 Å². The van der Waals surface area contributed by atoms with E-state index in [1.54, 1.807) is 41.5 Å². The zero-order valence-corrected chi connectivity index (χ0v) is 26.1. The van der Waals surface area contributed by atoms with Gasteiger partial charge in [0.25, 0.3) is 5.91 Å². The molecule has 0 spiro atoms. The Hall–Kier alpha value is -3.67. The Morgan fingerprint density at radius 3 is 2.55 bits per heavy atom. The number of nitriles is 1. The number of aromatic amines is 1. The summed E-state index contributed by atoms with van der Waals surface area (Å²) in [6.07, 6.45) is -1.41. The molecule has 0 radical (unpaired) electrons. The number of amides is 1. The van der Waals surface area contributed by atoms with Gasteiger partial charge in [-0.3, -0.25) is 19.8 Å². The van der Waals surface area contributed by atoms with E-state index in [2.05, 4.69) is 15.3 Å². The van der Waals surface area contributed by atoms with Gasteiger partial charge in [0.2, 0.25) is 5.60 Å². The number of amidine groups is 1. The van der Waals surface area contributed by atoms with E-state index in [0.717, 1.165) is 19.3 Å². The van der Waals surface area contributed by atoms with Crippen LogP contribution in [0.1, 0.15) is 78.6 Å². The number of halogens is 1. The molecule has 14 heteroatoms. The highest BCUT2D eigenvalue weighted by atomic mass is 19.1. The fraction of sp³-hybridized carbons (Fsp3) is 0.667. The fourth-order valence-electron chi connectivity index (χ4n) is 4.81. The quantitative estimate of drug-likeness (QED) is 0.154. The van der Waals surface area contributed by atoms with Crippen LogP contribution >= 0.6 is 0 Å². The van der Waals surface area contributed by atoms with Gasteiger partial charge in [-0.25, -0.2) is 9.38 Å². The predicted octanol–water partition coefficient (Wildman–Crippen LogP) is 2.77. The third kappa shape index (κ3) is 7.69.